The summed E-state index contributed by atoms with van der Waals surface area (Å²) in [6, 6.07) is 8.21. The Balaban J connectivity index is 1.58. The SMILES string of the molecule is CC(=O)Nc1ccc(F)c(NC(=O)c2cc(NC(=O)[C@H]3[C@H](c4cc(Cl)cc(Cl)c4)C3(Cl)Cl)cc(F)c2Cl)c1F. The summed E-state index contributed by atoms with van der Waals surface area (Å²) >= 11 is 30.7. The number of carbonyl (C=O) groups is 3. The molecule has 1 saturated carbocycles. The average molecular weight is 640 g/mol. The number of hydrogen-bond acceptors (Lipinski definition) is 3. The molecule has 0 unspecified atom stereocenters. The van der Waals surface area contributed by atoms with Crippen LogP contribution in [0.25, 0.3) is 0 Å². The first kappa shape index (κ1) is 29.3. The van der Waals surface area contributed by atoms with Crippen molar-refractivity contribution in [1.29, 1.82) is 0 Å². The van der Waals surface area contributed by atoms with Crippen molar-refractivity contribution in [3.8, 4) is 0 Å². The van der Waals surface area contributed by atoms with E-state index in [4.69, 9.17) is 58.0 Å². The van der Waals surface area contributed by atoms with Gasteiger partial charge in [0.15, 0.2) is 5.82 Å². The van der Waals surface area contributed by atoms with Crippen LogP contribution in [0.2, 0.25) is 15.1 Å². The van der Waals surface area contributed by atoms with Crippen molar-refractivity contribution in [3.05, 3.63) is 86.1 Å². The molecule has 3 aromatic carbocycles. The standard InChI is InChI=1S/C25H15Cl5F3N3O3/c1-9(37)34-17-3-2-15(31)22(21(17)33)36-23(38)14-7-13(8-16(32)20(14)28)35-24(39)19-18(25(19,29)30)10-4-11(26)6-12(27)5-10/h2-8,18-19H,1H3,(H,34,37)(H,35,39)(H,36,38)/t18-,19+/m0/s1. The van der Waals surface area contributed by atoms with Gasteiger partial charge in [-0.2, -0.15) is 0 Å². The quantitative estimate of drug-likeness (QED) is 0.241. The number of halogens is 8. The van der Waals surface area contributed by atoms with E-state index >= 15 is 0 Å². The van der Waals surface area contributed by atoms with Crippen molar-refractivity contribution >= 4 is 92.8 Å². The summed E-state index contributed by atoms with van der Waals surface area (Å²) in [5.41, 5.74) is -1.56. The summed E-state index contributed by atoms with van der Waals surface area (Å²) in [6.45, 7) is 1.11. The molecule has 0 saturated heterocycles. The smallest absolute Gasteiger partial charge is 0.257 e. The lowest BCUT2D eigenvalue weighted by Gasteiger charge is -2.13. The number of nitrogens with one attached hydrogen (secondary N) is 3. The van der Waals surface area contributed by atoms with Crippen LogP contribution in [0.1, 0.15) is 28.8 Å². The van der Waals surface area contributed by atoms with Crippen LogP contribution in [-0.4, -0.2) is 22.1 Å². The Hall–Kier alpha value is -2.69. The molecule has 0 aromatic heterocycles. The van der Waals surface area contributed by atoms with E-state index in [0.29, 0.717) is 15.6 Å². The number of alkyl halides is 2. The van der Waals surface area contributed by atoms with E-state index in [1.165, 1.54) is 6.07 Å². The van der Waals surface area contributed by atoms with Gasteiger partial charge >= 0.3 is 0 Å². The summed E-state index contributed by atoms with van der Waals surface area (Å²) in [7, 11) is 0. The number of hydrogen-bond donors (Lipinski definition) is 3. The van der Waals surface area contributed by atoms with Gasteiger partial charge in [-0.15, -0.1) is 23.2 Å². The van der Waals surface area contributed by atoms with E-state index in [2.05, 4.69) is 10.6 Å². The van der Waals surface area contributed by atoms with Gasteiger partial charge in [0.05, 0.1) is 22.2 Å². The second kappa shape index (κ2) is 11.1. The number of carbonyl (C=O) groups excluding carboxylic acids is 3. The van der Waals surface area contributed by atoms with Crippen molar-refractivity contribution in [2.24, 2.45) is 5.92 Å². The number of amides is 3. The molecule has 6 nitrogen and oxygen atoms in total. The minimum Gasteiger partial charge on any atom is -0.326 e. The number of rotatable bonds is 6. The molecule has 1 aliphatic carbocycles. The Labute approximate surface area is 244 Å². The molecule has 39 heavy (non-hydrogen) atoms. The minimum atomic E-state index is -1.53. The molecule has 14 heteroatoms. The maximum absolute atomic E-state index is 14.7. The normalized spacial score (nSPS) is 17.4. The molecule has 1 aliphatic rings. The lowest BCUT2D eigenvalue weighted by atomic mass is 10.1. The lowest BCUT2D eigenvalue weighted by molar-refractivity contribution is -0.117. The molecule has 1 fully saturated rings. The van der Waals surface area contributed by atoms with Crippen LogP contribution in [0.15, 0.2) is 42.5 Å². The van der Waals surface area contributed by atoms with Crippen LogP contribution in [-0.2, 0) is 9.59 Å². The Bertz CT molecular complexity index is 1520. The third-order valence-electron chi connectivity index (χ3n) is 5.76. The second-order valence-electron chi connectivity index (χ2n) is 8.56. The van der Waals surface area contributed by atoms with Crippen molar-refractivity contribution in [2.75, 3.05) is 16.0 Å². The highest BCUT2D eigenvalue weighted by molar-refractivity contribution is 6.53. The zero-order chi connectivity index (χ0) is 28.8. The molecule has 3 aromatic rings. The summed E-state index contributed by atoms with van der Waals surface area (Å²) in [4.78, 5) is 37.1. The van der Waals surface area contributed by atoms with Gasteiger partial charge in [0.1, 0.15) is 21.7 Å². The van der Waals surface area contributed by atoms with Crippen LogP contribution in [0.3, 0.4) is 0 Å². The number of benzene rings is 3. The van der Waals surface area contributed by atoms with Gasteiger partial charge in [-0.1, -0.05) is 34.8 Å². The van der Waals surface area contributed by atoms with Crippen LogP contribution in [0.4, 0.5) is 30.2 Å². The van der Waals surface area contributed by atoms with Gasteiger partial charge in [-0.05, 0) is 48.0 Å². The zero-order valence-electron chi connectivity index (χ0n) is 19.4. The minimum absolute atomic E-state index is 0.209. The van der Waals surface area contributed by atoms with E-state index in [1.807, 2.05) is 5.32 Å². The van der Waals surface area contributed by atoms with Gasteiger partial charge in [-0.25, -0.2) is 13.2 Å². The van der Waals surface area contributed by atoms with Crippen LogP contribution >= 0.6 is 58.0 Å². The molecular weight excluding hydrogens is 625 g/mol. The molecule has 204 valence electrons. The van der Waals surface area contributed by atoms with E-state index in [9.17, 15) is 27.6 Å². The van der Waals surface area contributed by atoms with Crippen molar-refractivity contribution in [1.82, 2.24) is 0 Å². The predicted octanol–water partition coefficient (Wildman–Crippen LogP) is 7.80. The van der Waals surface area contributed by atoms with Crippen LogP contribution < -0.4 is 16.0 Å². The third-order valence-corrected chi connectivity index (χ3v) is 7.52. The molecular formula is C25H15Cl5F3N3O3. The van der Waals surface area contributed by atoms with Crippen LogP contribution in [0.5, 0.6) is 0 Å². The first-order valence-electron chi connectivity index (χ1n) is 10.9. The highest BCUT2D eigenvalue weighted by atomic mass is 35.5. The highest BCUT2D eigenvalue weighted by Crippen LogP contribution is 2.65. The Morgan fingerprint density at radius 1 is 0.846 bits per heavy atom. The number of anilines is 3. The maximum atomic E-state index is 14.7. The Morgan fingerprint density at radius 3 is 2.10 bits per heavy atom. The Kier molecular flexibility index (Phi) is 8.31. The van der Waals surface area contributed by atoms with Gasteiger partial charge in [0, 0.05) is 28.6 Å². The Morgan fingerprint density at radius 2 is 1.49 bits per heavy atom. The van der Waals surface area contributed by atoms with Crippen molar-refractivity contribution in [2.45, 2.75) is 17.2 Å². The molecule has 4 rings (SSSR count). The molecule has 0 bridgehead atoms. The summed E-state index contributed by atoms with van der Waals surface area (Å²) in [5.74, 6) is -7.79. The van der Waals surface area contributed by atoms with Gasteiger partial charge in [-0.3, -0.25) is 14.4 Å². The van der Waals surface area contributed by atoms with E-state index in [1.54, 1.807) is 12.1 Å². The second-order valence-corrected chi connectivity index (χ2v) is 11.3. The fourth-order valence-electron chi connectivity index (χ4n) is 4.00. The summed E-state index contributed by atoms with van der Waals surface area (Å²) in [6.07, 6.45) is 0. The molecule has 0 heterocycles. The first-order valence-corrected chi connectivity index (χ1v) is 12.8. The molecule has 0 radical (unpaired) electrons. The molecule has 3 amide bonds. The van der Waals surface area contributed by atoms with Crippen molar-refractivity contribution in [3.63, 3.8) is 0 Å². The lowest BCUT2D eigenvalue weighted by Crippen LogP contribution is -2.19. The monoisotopic (exact) mass is 637 g/mol. The summed E-state index contributed by atoms with van der Waals surface area (Å²) < 4.78 is 42.1. The van der Waals surface area contributed by atoms with Gasteiger partial charge in [0.2, 0.25) is 11.8 Å². The maximum Gasteiger partial charge on any atom is 0.257 e. The fraction of sp³-hybridized carbons (Fsp3) is 0.160. The average Bonchev–Trinajstić information content (AvgIpc) is 3.41. The fourth-order valence-corrected chi connectivity index (χ4v) is 5.57. The highest BCUT2D eigenvalue weighted by Gasteiger charge is 2.67. The van der Waals surface area contributed by atoms with Gasteiger partial charge < -0.3 is 16.0 Å². The topological polar surface area (TPSA) is 87.3 Å². The third kappa shape index (κ3) is 6.07. The van der Waals surface area contributed by atoms with Crippen LogP contribution in [0, 0.1) is 23.4 Å². The zero-order valence-corrected chi connectivity index (χ0v) is 23.2. The van der Waals surface area contributed by atoms with Gasteiger partial charge in [0.25, 0.3) is 5.91 Å². The molecule has 3 N–H and O–H groups in total. The molecule has 0 spiro atoms. The predicted molar refractivity (Wildman–Crippen MR) is 146 cm³/mol. The van der Waals surface area contributed by atoms with E-state index < -0.39 is 73.3 Å². The van der Waals surface area contributed by atoms with E-state index in [-0.39, 0.29) is 5.69 Å². The van der Waals surface area contributed by atoms with Crippen molar-refractivity contribution < 1.29 is 27.6 Å². The summed E-state index contributed by atoms with van der Waals surface area (Å²) in [5, 5.41) is 6.48. The first-order chi connectivity index (χ1) is 18.2. The molecule has 2 atom stereocenters. The largest absolute Gasteiger partial charge is 0.326 e. The van der Waals surface area contributed by atoms with E-state index in [0.717, 1.165) is 31.2 Å². The molecule has 0 aliphatic heterocycles.